The second-order valence-electron chi connectivity index (χ2n) is 5.90. The lowest BCUT2D eigenvalue weighted by Gasteiger charge is -2.12. The maximum absolute atomic E-state index is 13.7. The molecule has 1 heterocycles. The second kappa shape index (κ2) is 8.78. The highest BCUT2D eigenvalue weighted by Crippen LogP contribution is 2.35. The summed E-state index contributed by atoms with van der Waals surface area (Å²) < 4.78 is 24.1. The Morgan fingerprint density at radius 3 is 2.62 bits per heavy atom. The summed E-state index contributed by atoms with van der Waals surface area (Å²) in [7, 11) is 2.99. The van der Waals surface area contributed by atoms with Crippen molar-refractivity contribution < 1.29 is 28.2 Å². The van der Waals surface area contributed by atoms with Crippen LogP contribution in [0.15, 0.2) is 47.4 Å². The van der Waals surface area contributed by atoms with Crippen molar-refractivity contribution in [3.05, 3.63) is 58.8 Å². The van der Waals surface area contributed by atoms with Gasteiger partial charge in [0.2, 0.25) is 5.91 Å². The third kappa shape index (κ3) is 4.57. The Bertz CT molecular complexity index is 1010. The lowest BCUT2D eigenvalue weighted by molar-refractivity contribution is -0.127. The Hall–Kier alpha value is -3.33. The summed E-state index contributed by atoms with van der Waals surface area (Å²) in [4.78, 5) is 38.0. The number of amides is 3. The van der Waals surface area contributed by atoms with Crippen molar-refractivity contribution >= 4 is 40.6 Å². The molecule has 2 aromatic rings. The van der Waals surface area contributed by atoms with Gasteiger partial charge in [0.15, 0.2) is 0 Å². The largest absolute Gasteiger partial charge is 0.497 e. The Morgan fingerprint density at radius 2 is 1.93 bits per heavy atom. The third-order valence-electron chi connectivity index (χ3n) is 4.05. The van der Waals surface area contributed by atoms with Gasteiger partial charge in [0.25, 0.3) is 11.1 Å². The zero-order valence-corrected chi connectivity index (χ0v) is 16.4. The van der Waals surface area contributed by atoms with Gasteiger partial charge in [-0.15, -0.1) is 0 Å². The van der Waals surface area contributed by atoms with Crippen LogP contribution >= 0.6 is 11.8 Å². The molecule has 1 aliphatic rings. The first-order valence-corrected chi connectivity index (χ1v) is 9.26. The van der Waals surface area contributed by atoms with Crippen molar-refractivity contribution in [1.82, 2.24) is 4.90 Å². The highest BCUT2D eigenvalue weighted by molar-refractivity contribution is 8.18. The van der Waals surface area contributed by atoms with Crippen molar-refractivity contribution in [3.8, 4) is 11.5 Å². The van der Waals surface area contributed by atoms with Crippen LogP contribution in [0, 0.1) is 5.82 Å². The Kier molecular flexibility index (Phi) is 6.18. The minimum Gasteiger partial charge on any atom is -0.497 e. The van der Waals surface area contributed by atoms with Gasteiger partial charge in [-0.25, -0.2) is 4.39 Å². The second-order valence-corrected chi connectivity index (χ2v) is 6.90. The van der Waals surface area contributed by atoms with Gasteiger partial charge in [0, 0.05) is 5.56 Å². The standard InChI is InChI=1S/C20H17FN2O5S/c1-27-13-7-8-16(28-2)12(9-13)10-17-19(25)23(20(26)29-17)11-18(24)22-15-6-4-3-5-14(15)21/h3-10H,11H2,1-2H3,(H,22,24)/b17-10+. The van der Waals surface area contributed by atoms with Crippen LogP contribution in [0.2, 0.25) is 0 Å². The van der Waals surface area contributed by atoms with Crippen LogP contribution in [0.25, 0.3) is 6.08 Å². The smallest absolute Gasteiger partial charge is 0.294 e. The third-order valence-corrected chi connectivity index (χ3v) is 4.95. The zero-order valence-electron chi connectivity index (χ0n) is 15.6. The molecule has 1 saturated heterocycles. The van der Waals surface area contributed by atoms with Crippen LogP contribution in [-0.4, -0.2) is 42.7 Å². The number of nitrogens with one attached hydrogen (secondary N) is 1. The number of rotatable bonds is 6. The summed E-state index contributed by atoms with van der Waals surface area (Å²) in [5, 5.41) is 1.76. The molecule has 0 aliphatic carbocycles. The van der Waals surface area contributed by atoms with Crippen LogP contribution in [0.5, 0.6) is 11.5 Å². The van der Waals surface area contributed by atoms with Crippen molar-refractivity contribution in [2.45, 2.75) is 0 Å². The molecule has 2 aromatic carbocycles. The van der Waals surface area contributed by atoms with E-state index in [1.54, 1.807) is 24.3 Å². The first kappa shape index (κ1) is 20.4. The van der Waals surface area contributed by atoms with Crippen LogP contribution < -0.4 is 14.8 Å². The highest BCUT2D eigenvalue weighted by atomic mass is 32.2. The number of carbonyl (C=O) groups is 3. The van der Waals surface area contributed by atoms with Gasteiger partial charge in [-0.05, 0) is 48.2 Å². The molecule has 0 radical (unpaired) electrons. The predicted octanol–water partition coefficient (Wildman–Crippen LogP) is 3.52. The first-order chi connectivity index (χ1) is 13.9. The highest BCUT2D eigenvalue weighted by Gasteiger charge is 2.36. The molecule has 1 aliphatic heterocycles. The van der Waals surface area contributed by atoms with Gasteiger partial charge in [-0.2, -0.15) is 0 Å². The Balaban J connectivity index is 1.77. The van der Waals surface area contributed by atoms with E-state index in [4.69, 9.17) is 9.47 Å². The fourth-order valence-corrected chi connectivity index (χ4v) is 3.45. The van der Waals surface area contributed by atoms with E-state index < -0.39 is 29.4 Å². The topological polar surface area (TPSA) is 84.9 Å². The van der Waals surface area contributed by atoms with Crippen molar-refractivity contribution in [2.24, 2.45) is 0 Å². The lowest BCUT2D eigenvalue weighted by Crippen LogP contribution is -2.36. The molecular formula is C20H17FN2O5S. The molecule has 0 aromatic heterocycles. The van der Waals surface area contributed by atoms with E-state index in [1.165, 1.54) is 38.5 Å². The molecule has 0 atom stereocenters. The molecule has 0 spiro atoms. The fraction of sp³-hybridized carbons (Fsp3) is 0.150. The lowest BCUT2D eigenvalue weighted by atomic mass is 10.1. The SMILES string of the molecule is COc1ccc(OC)c(/C=C2/SC(=O)N(CC(=O)Nc3ccccc3F)C2=O)c1. The number of imide groups is 1. The number of carbonyl (C=O) groups excluding carboxylic acids is 3. The molecule has 7 nitrogen and oxygen atoms in total. The predicted molar refractivity (Wildman–Crippen MR) is 107 cm³/mol. The van der Waals surface area contributed by atoms with Crippen LogP contribution in [-0.2, 0) is 9.59 Å². The molecule has 0 bridgehead atoms. The summed E-state index contributed by atoms with van der Waals surface area (Å²) in [5.41, 5.74) is 0.522. The normalized spacial score (nSPS) is 15.0. The summed E-state index contributed by atoms with van der Waals surface area (Å²) in [6.07, 6.45) is 1.50. The zero-order chi connectivity index (χ0) is 21.0. The van der Waals surface area contributed by atoms with E-state index in [9.17, 15) is 18.8 Å². The number of methoxy groups -OCH3 is 2. The summed E-state index contributed by atoms with van der Waals surface area (Å²) >= 11 is 0.709. The molecule has 0 unspecified atom stereocenters. The number of halogens is 1. The monoisotopic (exact) mass is 416 g/mol. The molecular weight excluding hydrogens is 399 g/mol. The Labute approximate surface area is 170 Å². The summed E-state index contributed by atoms with van der Waals surface area (Å²) in [6.45, 7) is -0.522. The molecule has 29 heavy (non-hydrogen) atoms. The number of benzene rings is 2. The molecule has 3 amide bonds. The van der Waals surface area contributed by atoms with E-state index in [0.29, 0.717) is 28.8 Å². The molecule has 1 N–H and O–H groups in total. The maximum atomic E-state index is 13.7. The van der Waals surface area contributed by atoms with E-state index in [-0.39, 0.29) is 10.6 Å². The van der Waals surface area contributed by atoms with Crippen LogP contribution in [0.1, 0.15) is 5.56 Å². The minimum atomic E-state index is -0.683. The van der Waals surface area contributed by atoms with E-state index in [0.717, 1.165) is 4.90 Å². The number of para-hydroxylation sites is 1. The van der Waals surface area contributed by atoms with E-state index >= 15 is 0 Å². The number of hydrogen-bond donors (Lipinski definition) is 1. The first-order valence-electron chi connectivity index (χ1n) is 8.44. The minimum absolute atomic E-state index is 0.0267. The van der Waals surface area contributed by atoms with Crippen molar-refractivity contribution in [1.29, 1.82) is 0 Å². The maximum Gasteiger partial charge on any atom is 0.294 e. The molecule has 1 fully saturated rings. The average Bonchev–Trinajstić information content (AvgIpc) is 2.97. The Morgan fingerprint density at radius 1 is 1.17 bits per heavy atom. The molecule has 3 rings (SSSR count). The van der Waals surface area contributed by atoms with Gasteiger partial charge in [-0.1, -0.05) is 12.1 Å². The number of nitrogens with zero attached hydrogens (tertiary/aromatic N) is 1. The van der Waals surface area contributed by atoms with Crippen LogP contribution in [0.3, 0.4) is 0 Å². The van der Waals surface area contributed by atoms with Gasteiger partial charge in [-0.3, -0.25) is 19.3 Å². The van der Waals surface area contributed by atoms with Gasteiger partial charge < -0.3 is 14.8 Å². The van der Waals surface area contributed by atoms with Gasteiger partial charge in [0.05, 0.1) is 24.8 Å². The number of hydrogen-bond acceptors (Lipinski definition) is 6. The average molecular weight is 416 g/mol. The molecule has 0 saturated carbocycles. The van der Waals surface area contributed by atoms with Crippen molar-refractivity contribution in [3.63, 3.8) is 0 Å². The summed E-state index contributed by atoms with van der Waals surface area (Å²) in [5.74, 6) is -0.860. The molecule has 9 heteroatoms. The van der Waals surface area contributed by atoms with Gasteiger partial charge in [0.1, 0.15) is 23.9 Å². The molecule has 150 valence electrons. The van der Waals surface area contributed by atoms with E-state index in [2.05, 4.69) is 5.32 Å². The number of ether oxygens (including phenoxy) is 2. The number of anilines is 1. The fourth-order valence-electron chi connectivity index (χ4n) is 2.63. The summed E-state index contributed by atoms with van der Waals surface area (Å²) in [6, 6.07) is 10.7. The van der Waals surface area contributed by atoms with Crippen LogP contribution in [0.4, 0.5) is 14.9 Å². The quantitative estimate of drug-likeness (QED) is 0.726. The van der Waals surface area contributed by atoms with E-state index in [1.807, 2.05) is 0 Å². The van der Waals surface area contributed by atoms with Crippen molar-refractivity contribution in [2.75, 3.05) is 26.1 Å². The van der Waals surface area contributed by atoms with Gasteiger partial charge >= 0.3 is 0 Å². The number of thioether (sulfide) groups is 1.